The summed E-state index contributed by atoms with van der Waals surface area (Å²) in [7, 11) is 0. The molecule has 3 rings (SSSR count). The number of halogens is 1. The highest BCUT2D eigenvalue weighted by Crippen LogP contribution is 2.41. The van der Waals surface area contributed by atoms with E-state index < -0.39 is 0 Å². The van der Waals surface area contributed by atoms with E-state index in [0.29, 0.717) is 6.42 Å². The zero-order valence-electron chi connectivity index (χ0n) is 11.8. The molecule has 0 aliphatic carbocycles. The molecule has 2 fully saturated rings. The van der Waals surface area contributed by atoms with Gasteiger partial charge in [-0.2, -0.15) is 0 Å². The van der Waals surface area contributed by atoms with Gasteiger partial charge in [-0.3, -0.25) is 9.69 Å². The number of ether oxygens (including phenoxy) is 1. The number of carbonyl (C=O) groups excluding carboxylic acids is 1. The summed E-state index contributed by atoms with van der Waals surface area (Å²) < 4.78 is 6.16. The third-order valence-electron chi connectivity index (χ3n) is 3.79. The van der Waals surface area contributed by atoms with E-state index in [9.17, 15) is 4.79 Å². The van der Waals surface area contributed by atoms with Gasteiger partial charge in [0.1, 0.15) is 5.37 Å². The van der Waals surface area contributed by atoms with Gasteiger partial charge in [0.05, 0.1) is 17.6 Å². The number of hydrogen-bond donors (Lipinski definition) is 0. The van der Waals surface area contributed by atoms with Crippen LogP contribution >= 0.6 is 34.7 Å². The Morgan fingerprint density at radius 1 is 1.29 bits per heavy atom. The van der Waals surface area contributed by atoms with Gasteiger partial charge < -0.3 is 9.64 Å². The van der Waals surface area contributed by atoms with Crippen molar-refractivity contribution in [2.45, 2.75) is 11.8 Å². The second-order valence-corrected chi connectivity index (χ2v) is 8.09. The first kappa shape index (κ1) is 15.6. The van der Waals surface area contributed by atoms with Crippen molar-refractivity contribution in [3.05, 3.63) is 21.3 Å². The highest BCUT2D eigenvalue weighted by Gasteiger charge is 2.31. The topological polar surface area (TPSA) is 32.8 Å². The third kappa shape index (κ3) is 3.93. The molecule has 0 spiro atoms. The van der Waals surface area contributed by atoms with E-state index in [1.54, 1.807) is 11.3 Å². The van der Waals surface area contributed by atoms with E-state index in [1.807, 2.05) is 28.8 Å². The summed E-state index contributed by atoms with van der Waals surface area (Å²) in [6.45, 7) is 5.23. The second-order valence-electron chi connectivity index (χ2n) is 5.16. The number of thioether (sulfide) groups is 1. The predicted molar refractivity (Wildman–Crippen MR) is 88.1 cm³/mol. The van der Waals surface area contributed by atoms with Gasteiger partial charge in [0.25, 0.3) is 0 Å². The lowest BCUT2D eigenvalue weighted by Gasteiger charge is -2.36. The first-order valence-electron chi connectivity index (χ1n) is 7.20. The summed E-state index contributed by atoms with van der Waals surface area (Å²) in [5.41, 5.74) is 0. The Bertz CT molecular complexity index is 491. The fourth-order valence-electron chi connectivity index (χ4n) is 2.63. The van der Waals surface area contributed by atoms with E-state index in [4.69, 9.17) is 16.3 Å². The van der Waals surface area contributed by atoms with Gasteiger partial charge >= 0.3 is 0 Å². The largest absolute Gasteiger partial charge is 0.379 e. The van der Waals surface area contributed by atoms with Crippen molar-refractivity contribution in [3.63, 3.8) is 0 Å². The van der Waals surface area contributed by atoms with Crippen molar-refractivity contribution in [3.8, 4) is 0 Å². The van der Waals surface area contributed by atoms with E-state index in [-0.39, 0.29) is 11.3 Å². The number of hydrogen-bond acceptors (Lipinski definition) is 5. The minimum Gasteiger partial charge on any atom is -0.379 e. The van der Waals surface area contributed by atoms with Gasteiger partial charge in [0.15, 0.2) is 0 Å². The van der Waals surface area contributed by atoms with Crippen LogP contribution in [0.4, 0.5) is 0 Å². The molecule has 7 heteroatoms. The molecular weight excluding hydrogens is 328 g/mol. The molecule has 0 N–H and O–H groups in total. The van der Waals surface area contributed by atoms with E-state index in [1.165, 1.54) is 4.88 Å². The maximum atomic E-state index is 12.3. The van der Waals surface area contributed by atoms with Crippen LogP contribution in [0.25, 0.3) is 0 Å². The molecule has 0 aromatic carbocycles. The summed E-state index contributed by atoms with van der Waals surface area (Å²) >= 11 is 9.47. The van der Waals surface area contributed by atoms with Crippen LogP contribution < -0.4 is 0 Å². The van der Waals surface area contributed by atoms with Crippen LogP contribution in [0.5, 0.6) is 0 Å². The Morgan fingerprint density at radius 3 is 2.81 bits per heavy atom. The van der Waals surface area contributed by atoms with Crippen LogP contribution in [0.3, 0.4) is 0 Å². The molecule has 1 atom stereocenters. The van der Waals surface area contributed by atoms with Gasteiger partial charge in [0.2, 0.25) is 5.91 Å². The molecule has 2 aliphatic heterocycles. The van der Waals surface area contributed by atoms with Crippen LogP contribution in [0.15, 0.2) is 12.1 Å². The Hall–Kier alpha value is -0.270. The van der Waals surface area contributed by atoms with Crippen LogP contribution in [-0.4, -0.2) is 60.9 Å². The molecule has 1 aromatic rings. The van der Waals surface area contributed by atoms with Crippen molar-refractivity contribution in [1.29, 1.82) is 0 Å². The minimum atomic E-state index is 0.129. The van der Waals surface area contributed by atoms with Crippen molar-refractivity contribution in [1.82, 2.24) is 9.80 Å². The first-order chi connectivity index (χ1) is 10.2. The molecule has 1 aromatic heterocycles. The summed E-state index contributed by atoms with van der Waals surface area (Å²) in [5, 5.41) is 0.129. The number of morpholine rings is 1. The lowest BCUT2D eigenvalue weighted by molar-refractivity contribution is -0.132. The maximum absolute atomic E-state index is 12.3. The smallest absolute Gasteiger partial charge is 0.224 e. The molecule has 116 valence electrons. The molecule has 0 bridgehead atoms. The molecule has 21 heavy (non-hydrogen) atoms. The fourth-order valence-corrected chi connectivity index (χ4v) is 5.20. The average Bonchev–Trinajstić information content (AvgIpc) is 2.93. The Morgan fingerprint density at radius 2 is 2.10 bits per heavy atom. The monoisotopic (exact) mass is 346 g/mol. The zero-order chi connectivity index (χ0) is 14.7. The van der Waals surface area contributed by atoms with E-state index in [2.05, 4.69) is 4.90 Å². The van der Waals surface area contributed by atoms with Crippen LogP contribution in [-0.2, 0) is 9.53 Å². The molecule has 3 heterocycles. The van der Waals surface area contributed by atoms with E-state index >= 15 is 0 Å². The van der Waals surface area contributed by atoms with E-state index in [0.717, 1.165) is 49.5 Å². The zero-order valence-corrected chi connectivity index (χ0v) is 14.2. The summed E-state index contributed by atoms with van der Waals surface area (Å²) in [6, 6.07) is 3.96. The number of thiophene rings is 1. The van der Waals surface area contributed by atoms with Crippen molar-refractivity contribution in [2.75, 3.05) is 45.1 Å². The Balaban J connectivity index is 1.65. The van der Waals surface area contributed by atoms with Crippen molar-refractivity contribution in [2.24, 2.45) is 0 Å². The highest BCUT2D eigenvalue weighted by molar-refractivity contribution is 7.99. The van der Waals surface area contributed by atoms with Gasteiger partial charge in [-0.1, -0.05) is 11.6 Å². The van der Waals surface area contributed by atoms with Crippen molar-refractivity contribution < 1.29 is 9.53 Å². The second kappa shape index (κ2) is 7.33. The van der Waals surface area contributed by atoms with Crippen LogP contribution in [0, 0.1) is 0 Å². The highest BCUT2D eigenvalue weighted by atomic mass is 35.5. The Labute approximate surface area is 138 Å². The number of nitrogens with zero attached hydrogens (tertiary/aromatic N) is 2. The standard InChI is InChI=1S/C14H19ClN2O2S2/c15-12-2-1-11(21-12)14-17(13(18)3-10-20-14)5-4-16-6-8-19-9-7-16/h1-2,14H,3-10H2. The van der Waals surface area contributed by atoms with Gasteiger partial charge in [-0.25, -0.2) is 0 Å². The summed E-state index contributed by atoms with van der Waals surface area (Å²) in [4.78, 5) is 17.9. The van der Waals surface area contributed by atoms with Gasteiger partial charge in [0, 0.05) is 43.2 Å². The fraction of sp³-hybridized carbons (Fsp3) is 0.643. The number of amides is 1. The molecule has 0 saturated carbocycles. The minimum absolute atomic E-state index is 0.129. The molecule has 1 amide bonds. The first-order valence-corrected chi connectivity index (χ1v) is 9.45. The predicted octanol–water partition coefficient (Wildman–Crippen LogP) is 2.70. The number of carbonyl (C=O) groups is 1. The summed E-state index contributed by atoms with van der Waals surface area (Å²) in [5.74, 6) is 1.16. The lowest BCUT2D eigenvalue weighted by Crippen LogP contribution is -2.45. The molecule has 2 aliphatic rings. The summed E-state index contributed by atoms with van der Waals surface area (Å²) in [6.07, 6.45) is 0.642. The van der Waals surface area contributed by atoms with Gasteiger partial charge in [-0.15, -0.1) is 23.1 Å². The quantitative estimate of drug-likeness (QED) is 0.839. The molecule has 1 unspecified atom stereocenters. The average molecular weight is 347 g/mol. The number of rotatable bonds is 4. The Kier molecular flexibility index (Phi) is 5.45. The molecule has 0 radical (unpaired) electrons. The molecular formula is C14H19ClN2O2S2. The molecule has 4 nitrogen and oxygen atoms in total. The van der Waals surface area contributed by atoms with Crippen LogP contribution in [0.2, 0.25) is 4.34 Å². The normalized spacial score (nSPS) is 24.5. The lowest BCUT2D eigenvalue weighted by atomic mass is 10.3. The molecule has 2 saturated heterocycles. The van der Waals surface area contributed by atoms with Crippen LogP contribution in [0.1, 0.15) is 16.7 Å². The third-order valence-corrected chi connectivity index (χ3v) is 6.49. The van der Waals surface area contributed by atoms with Gasteiger partial charge in [-0.05, 0) is 12.1 Å². The SMILES string of the molecule is O=C1CCSC(c2ccc(Cl)s2)N1CCN1CCOCC1. The van der Waals surface area contributed by atoms with Crippen molar-refractivity contribution >= 4 is 40.6 Å². The maximum Gasteiger partial charge on any atom is 0.224 e.